The van der Waals surface area contributed by atoms with Gasteiger partial charge >= 0.3 is 0 Å². The summed E-state index contributed by atoms with van der Waals surface area (Å²) in [6.45, 7) is 3.15. The monoisotopic (exact) mass is 272 g/mol. The summed E-state index contributed by atoms with van der Waals surface area (Å²) in [5.74, 6) is 0.752. The molecule has 0 bridgehead atoms. The first-order valence-corrected chi connectivity index (χ1v) is 6.64. The van der Waals surface area contributed by atoms with E-state index >= 15 is 0 Å². The second-order valence-corrected chi connectivity index (χ2v) is 4.69. The van der Waals surface area contributed by atoms with E-state index in [-0.39, 0.29) is 0 Å². The number of aliphatic hydroxyl groups is 1. The van der Waals surface area contributed by atoms with Gasteiger partial charge < -0.3 is 15.2 Å². The first-order chi connectivity index (χ1) is 9.70. The van der Waals surface area contributed by atoms with Crippen LogP contribution in [0.5, 0.6) is 5.75 Å². The quantitative estimate of drug-likeness (QED) is 0.846. The van der Waals surface area contributed by atoms with Crippen LogP contribution in [0.1, 0.15) is 22.9 Å². The summed E-state index contributed by atoms with van der Waals surface area (Å²) in [6.07, 6.45) is 1.22. The number of hydrogen-bond acceptors (Lipinski definition) is 4. The molecule has 1 heterocycles. The zero-order valence-corrected chi connectivity index (χ0v) is 11.8. The van der Waals surface area contributed by atoms with Gasteiger partial charge in [-0.15, -0.1) is 0 Å². The van der Waals surface area contributed by atoms with Crippen LogP contribution in [0.2, 0.25) is 0 Å². The molecule has 0 aliphatic heterocycles. The largest absolute Gasteiger partial charge is 0.497 e. The summed E-state index contributed by atoms with van der Waals surface area (Å²) in [5.41, 5.74) is 3.00. The molecular formula is C16H20N2O2. The van der Waals surface area contributed by atoms with Crippen LogP contribution in [0, 0.1) is 6.92 Å². The third-order valence-corrected chi connectivity index (χ3v) is 3.23. The number of nitrogens with zero attached hydrogens (tertiary/aromatic N) is 1. The summed E-state index contributed by atoms with van der Waals surface area (Å²) in [6, 6.07) is 11.4. The summed E-state index contributed by atoms with van der Waals surface area (Å²) < 4.78 is 5.15. The molecule has 2 rings (SSSR count). The zero-order valence-electron chi connectivity index (χ0n) is 11.8. The third-order valence-electron chi connectivity index (χ3n) is 3.23. The van der Waals surface area contributed by atoms with E-state index in [1.54, 1.807) is 13.3 Å². The van der Waals surface area contributed by atoms with Crippen LogP contribution in [0.25, 0.3) is 0 Å². The zero-order chi connectivity index (χ0) is 14.4. The van der Waals surface area contributed by atoms with Crippen LogP contribution in [0.4, 0.5) is 0 Å². The van der Waals surface area contributed by atoms with E-state index in [9.17, 15) is 5.11 Å². The molecule has 1 aromatic heterocycles. The lowest BCUT2D eigenvalue weighted by molar-refractivity contribution is 0.174. The van der Waals surface area contributed by atoms with Crippen molar-refractivity contribution in [3.05, 3.63) is 59.4 Å². The lowest BCUT2D eigenvalue weighted by atomic mass is 10.1. The van der Waals surface area contributed by atoms with E-state index in [0.29, 0.717) is 13.1 Å². The molecule has 0 aliphatic carbocycles. The number of aromatic nitrogens is 1. The average molecular weight is 272 g/mol. The molecule has 0 spiro atoms. The van der Waals surface area contributed by atoms with Crippen LogP contribution >= 0.6 is 0 Å². The highest BCUT2D eigenvalue weighted by Gasteiger charge is 2.08. The van der Waals surface area contributed by atoms with Gasteiger partial charge in [0.25, 0.3) is 0 Å². The summed E-state index contributed by atoms with van der Waals surface area (Å²) >= 11 is 0. The molecule has 0 aliphatic rings. The smallest absolute Gasteiger partial charge is 0.119 e. The van der Waals surface area contributed by atoms with Gasteiger partial charge in [0.05, 0.1) is 18.9 Å². The molecular weight excluding hydrogens is 252 g/mol. The van der Waals surface area contributed by atoms with Gasteiger partial charge in [-0.05, 0) is 36.2 Å². The maximum Gasteiger partial charge on any atom is 0.119 e. The molecule has 4 heteroatoms. The van der Waals surface area contributed by atoms with Crippen LogP contribution < -0.4 is 10.1 Å². The Hall–Kier alpha value is -1.91. The number of pyridine rings is 1. The number of ether oxygens (including phenoxy) is 1. The van der Waals surface area contributed by atoms with E-state index in [0.717, 1.165) is 22.6 Å². The fourth-order valence-corrected chi connectivity index (χ4v) is 2.00. The van der Waals surface area contributed by atoms with Crippen molar-refractivity contribution in [3.63, 3.8) is 0 Å². The second-order valence-electron chi connectivity index (χ2n) is 4.69. The number of aliphatic hydroxyl groups excluding tert-OH is 1. The minimum Gasteiger partial charge on any atom is -0.497 e. The van der Waals surface area contributed by atoms with Crippen molar-refractivity contribution in [2.75, 3.05) is 13.7 Å². The van der Waals surface area contributed by atoms with Gasteiger partial charge in [-0.1, -0.05) is 18.2 Å². The van der Waals surface area contributed by atoms with E-state index in [2.05, 4.69) is 10.3 Å². The van der Waals surface area contributed by atoms with Crippen molar-refractivity contribution in [3.8, 4) is 5.75 Å². The SMILES string of the molecule is COc1cccc(C(O)CNCc2ncccc2C)c1. The van der Waals surface area contributed by atoms with Gasteiger partial charge in [-0.2, -0.15) is 0 Å². The molecule has 1 atom stereocenters. The number of hydrogen-bond donors (Lipinski definition) is 2. The Kier molecular flexibility index (Phi) is 5.09. The predicted molar refractivity (Wildman–Crippen MR) is 78.6 cm³/mol. The minimum atomic E-state index is -0.561. The van der Waals surface area contributed by atoms with Crippen molar-refractivity contribution in [1.29, 1.82) is 0 Å². The molecule has 1 aromatic carbocycles. The Morgan fingerprint density at radius 3 is 2.90 bits per heavy atom. The summed E-state index contributed by atoms with van der Waals surface area (Å²) in [7, 11) is 1.62. The van der Waals surface area contributed by atoms with Crippen molar-refractivity contribution >= 4 is 0 Å². The molecule has 0 saturated heterocycles. The Morgan fingerprint density at radius 1 is 1.30 bits per heavy atom. The molecule has 1 unspecified atom stereocenters. The second kappa shape index (κ2) is 7.03. The number of rotatable bonds is 6. The number of aryl methyl sites for hydroxylation is 1. The highest BCUT2D eigenvalue weighted by atomic mass is 16.5. The van der Waals surface area contributed by atoms with E-state index in [1.807, 2.05) is 43.3 Å². The number of methoxy groups -OCH3 is 1. The lowest BCUT2D eigenvalue weighted by Crippen LogP contribution is -2.22. The Morgan fingerprint density at radius 2 is 2.15 bits per heavy atom. The van der Waals surface area contributed by atoms with Gasteiger partial charge in [0, 0.05) is 19.3 Å². The van der Waals surface area contributed by atoms with Crippen LogP contribution in [-0.4, -0.2) is 23.7 Å². The van der Waals surface area contributed by atoms with Gasteiger partial charge in [0.15, 0.2) is 0 Å². The van der Waals surface area contributed by atoms with Crippen molar-refractivity contribution in [2.24, 2.45) is 0 Å². The van der Waals surface area contributed by atoms with Gasteiger partial charge in [-0.3, -0.25) is 4.98 Å². The van der Waals surface area contributed by atoms with Gasteiger partial charge in [-0.25, -0.2) is 0 Å². The van der Waals surface area contributed by atoms with Crippen molar-refractivity contribution < 1.29 is 9.84 Å². The molecule has 106 valence electrons. The Balaban J connectivity index is 1.89. The average Bonchev–Trinajstić information content (AvgIpc) is 2.49. The van der Waals surface area contributed by atoms with E-state index in [4.69, 9.17) is 4.74 Å². The van der Waals surface area contributed by atoms with Crippen LogP contribution in [-0.2, 0) is 6.54 Å². The predicted octanol–water partition coefficient (Wildman–Crippen LogP) is 2.22. The van der Waals surface area contributed by atoms with Gasteiger partial charge in [0.2, 0.25) is 0 Å². The van der Waals surface area contributed by atoms with Crippen molar-refractivity contribution in [1.82, 2.24) is 10.3 Å². The molecule has 0 radical (unpaired) electrons. The van der Waals surface area contributed by atoms with E-state index < -0.39 is 6.10 Å². The Bertz CT molecular complexity index is 558. The number of benzene rings is 1. The molecule has 4 nitrogen and oxygen atoms in total. The molecule has 0 fully saturated rings. The molecule has 0 saturated carbocycles. The van der Waals surface area contributed by atoms with E-state index in [1.165, 1.54) is 0 Å². The summed E-state index contributed by atoms with van der Waals surface area (Å²) in [5, 5.41) is 13.4. The van der Waals surface area contributed by atoms with Crippen molar-refractivity contribution in [2.45, 2.75) is 19.6 Å². The van der Waals surface area contributed by atoms with Gasteiger partial charge in [0.1, 0.15) is 5.75 Å². The normalized spacial score (nSPS) is 12.2. The highest BCUT2D eigenvalue weighted by molar-refractivity contribution is 5.30. The first-order valence-electron chi connectivity index (χ1n) is 6.64. The molecule has 2 aromatic rings. The first kappa shape index (κ1) is 14.5. The Labute approximate surface area is 119 Å². The fraction of sp³-hybridized carbons (Fsp3) is 0.312. The number of nitrogens with one attached hydrogen (secondary N) is 1. The summed E-state index contributed by atoms with van der Waals surface area (Å²) in [4.78, 5) is 4.31. The molecule has 0 amide bonds. The standard InChI is InChI=1S/C16H20N2O2/c1-12-5-4-8-18-15(12)10-17-11-16(19)13-6-3-7-14(9-13)20-2/h3-9,16-17,19H,10-11H2,1-2H3. The maximum absolute atomic E-state index is 10.1. The molecule has 2 N–H and O–H groups in total. The van der Waals surface area contributed by atoms with Crippen LogP contribution in [0.15, 0.2) is 42.6 Å². The minimum absolute atomic E-state index is 0.475. The fourth-order valence-electron chi connectivity index (χ4n) is 2.00. The third kappa shape index (κ3) is 3.79. The lowest BCUT2D eigenvalue weighted by Gasteiger charge is -2.13. The molecule has 20 heavy (non-hydrogen) atoms. The highest BCUT2D eigenvalue weighted by Crippen LogP contribution is 2.18. The maximum atomic E-state index is 10.1. The van der Waals surface area contributed by atoms with Crippen LogP contribution in [0.3, 0.4) is 0 Å². The topological polar surface area (TPSA) is 54.4 Å².